The van der Waals surface area contributed by atoms with Crippen LogP contribution in [0.3, 0.4) is 0 Å². The zero-order chi connectivity index (χ0) is 19.4. The first kappa shape index (κ1) is 19.1. The van der Waals surface area contributed by atoms with E-state index in [4.69, 9.17) is 16.3 Å². The van der Waals surface area contributed by atoms with Crippen molar-refractivity contribution in [2.45, 2.75) is 4.90 Å². The fourth-order valence-electron chi connectivity index (χ4n) is 2.16. The van der Waals surface area contributed by atoms with E-state index in [1.54, 1.807) is 12.1 Å². The van der Waals surface area contributed by atoms with Gasteiger partial charge < -0.3 is 4.74 Å². The van der Waals surface area contributed by atoms with Gasteiger partial charge in [-0.25, -0.2) is 8.42 Å². The number of halogens is 1. The van der Waals surface area contributed by atoms with Crippen molar-refractivity contribution in [3.63, 3.8) is 0 Å². The van der Waals surface area contributed by atoms with Gasteiger partial charge in [0.2, 0.25) is 5.13 Å². The minimum atomic E-state index is -3.97. The number of benzene rings is 2. The van der Waals surface area contributed by atoms with Gasteiger partial charge >= 0.3 is 0 Å². The van der Waals surface area contributed by atoms with Gasteiger partial charge in [-0.15, -0.1) is 10.2 Å². The Hall–Kier alpha value is -2.69. The first-order valence-electron chi connectivity index (χ1n) is 7.43. The van der Waals surface area contributed by atoms with Crippen molar-refractivity contribution in [1.29, 1.82) is 0 Å². The highest BCUT2D eigenvalue weighted by atomic mass is 35.5. The van der Waals surface area contributed by atoms with E-state index in [-0.39, 0.29) is 16.1 Å². The maximum absolute atomic E-state index is 12.7. The molecular weight excluding hydrogens is 412 g/mol. The summed E-state index contributed by atoms with van der Waals surface area (Å²) in [6, 6.07) is 10.2. The quantitative estimate of drug-likeness (QED) is 0.628. The molecule has 0 aliphatic rings. The summed E-state index contributed by atoms with van der Waals surface area (Å²) in [4.78, 5) is 12.2. The molecule has 0 aliphatic carbocycles. The van der Waals surface area contributed by atoms with Crippen LogP contribution in [0.4, 0.5) is 10.8 Å². The van der Waals surface area contributed by atoms with Crippen molar-refractivity contribution in [1.82, 2.24) is 10.2 Å². The molecule has 0 aliphatic heterocycles. The van der Waals surface area contributed by atoms with E-state index in [2.05, 4.69) is 20.2 Å². The zero-order valence-electron chi connectivity index (χ0n) is 13.8. The summed E-state index contributed by atoms with van der Waals surface area (Å²) < 4.78 is 33.0. The largest absolute Gasteiger partial charge is 0.495 e. The van der Waals surface area contributed by atoms with Crippen LogP contribution in [0, 0.1) is 0 Å². The SMILES string of the molecule is COc1ccc(Cl)cc1NS(=O)(=O)c1cccc(C(=O)Nc2nncs2)c1. The fourth-order valence-corrected chi connectivity index (χ4v) is 3.88. The van der Waals surface area contributed by atoms with Crippen molar-refractivity contribution in [3.8, 4) is 5.75 Å². The van der Waals surface area contributed by atoms with Crippen LogP contribution >= 0.6 is 22.9 Å². The third-order valence-electron chi connectivity index (χ3n) is 3.39. The number of hydrogen-bond donors (Lipinski definition) is 2. The molecule has 0 saturated carbocycles. The highest BCUT2D eigenvalue weighted by molar-refractivity contribution is 7.92. The predicted octanol–water partition coefficient (Wildman–Crippen LogP) is 3.25. The van der Waals surface area contributed by atoms with E-state index < -0.39 is 15.9 Å². The van der Waals surface area contributed by atoms with Crippen molar-refractivity contribution < 1.29 is 17.9 Å². The van der Waals surface area contributed by atoms with Gasteiger partial charge in [-0.05, 0) is 36.4 Å². The number of ether oxygens (including phenoxy) is 1. The van der Waals surface area contributed by atoms with Crippen LogP contribution in [-0.4, -0.2) is 31.6 Å². The number of methoxy groups -OCH3 is 1. The van der Waals surface area contributed by atoms with Crippen LogP contribution in [0.25, 0.3) is 0 Å². The van der Waals surface area contributed by atoms with E-state index in [0.717, 1.165) is 11.3 Å². The molecule has 27 heavy (non-hydrogen) atoms. The average molecular weight is 425 g/mol. The van der Waals surface area contributed by atoms with Crippen LogP contribution in [0.5, 0.6) is 5.75 Å². The Morgan fingerprint density at radius 1 is 1.22 bits per heavy atom. The van der Waals surface area contributed by atoms with Crippen LogP contribution in [-0.2, 0) is 10.0 Å². The van der Waals surface area contributed by atoms with E-state index >= 15 is 0 Å². The van der Waals surface area contributed by atoms with E-state index in [1.165, 1.54) is 43.0 Å². The Labute approximate surface area is 164 Å². The third kappa shape index (κ3) is 4.54. The Morgan fingerprint density at radius 3 is 2.74 bits per heavy atom. The number of anilines is 2. The highest BCUT2D eigenvalue weighted by Gasteiger charge is 2.19. The lowest BCUT2D eigenvalue weighted by molar-refractivity contribution is 0.102. The van der Waals surface area contributed by atoms with Gasteiger partial charge in [0.15, 0.2) is 0 Å². The van der Waals surface area contributed by atoms with Gasteiger partial charge in [0.05, 0.1) is 17.7 Å². The molecule has 0 radical (unpaired) electrons. The van der Waals surface area contributed by atoms with E-state index in [1.807, 2.05) is 0 Å². The van der Waals surface area contributed by atoms with Crippen LogP contribution in [0.1, 0.15) is 10.4 Å². The van der Waals surface area contributed by atoms with Crippen LogP contribution in [0.15, 0.2) is 52.9 Å². The van der Waals surface area contributed by atoms with Crippen molar-refractivity contribution in [2.24, 2.45) is 0 Å². The summed E-state index contributed by atoms with van der Waals surface area (Å²) >= 11 is 7.08. The second-order valence-corrected chi connectivity index (χ2v) is 8.13. The van der Waals surface area contributed by atoms with Crippen molar-refractivity contribution in [2.75, 3.05) is 17.1 Å². The highest BCUT2D eigenvalue weighted by Crippen LogP contribution is 2.30. The molecule has 2 aromatic carbocycles. The summed E-state index contributed by atoms with van der Waals surface area (Å²) in [5.74, 6) is -0.183. The maximum Gasteiger partial charge on any atom is 0.262 e. The minimum absolute atomic E-state index is 0.0885. The van der Waals surface area contributed by atoms with Gasteiger partial charge in [0.25, 0.3) is 15.9 Å². The number of rotatable bonds is 6. The smallest absolute Gasteiger partial charge is 0.262 e. The van der Waals surface area contributed by atoms with Gasteiger partial charge in [-0.1, -0.05) is 29.0 Å². The Balaban J connectivity index is 1.87. The molecule has 1 amide bonds. The summed E-state index contributed by atoms with van der Waals surface area (Å²) in [6.45, 7) is 0. The molecular formula is C16H13ClN4O4S2. The molecule has 0 fully saturated rings. The lowest BCUT2D eigenvalue weighted by Crippen LogP contribution is -2.16. The number of hydrogen-bond acceptors (Lipinski definition) is 7. The van der Waals surface area contributed by atoms with Crippen molar-refractivity contribution >= 4 is 49.7 Å². The molecule has 0 saturated heterocycles. The zero-order valence-corrected chi connectivity index (χ0v) is 16.2. The van der Waals surface area contributed by atoms with Gasteiger partial charge in [0.1, 0.15) is 11.3 Å². The summed E-state index contributed by atoms with van der Waals surface area (Å²) in [7, 11) is -2.56. The number of carbonyl (C=O) groups excluding carboxylic acids is 1. The first-order valence-corrected chi connectivity index (χ1v) is 10.2. The van der Waals surface area contributed by atoms with Crippen molar-refractivity contribution in [3.05, 3.63) is 58.6 Å². The molecule has 140 valence electrons. The molecule has 11 heteroatoms. The van der Waals surface area contributed by atoms with Gasteiger partial charge in [-0.3, -0.25) is 14.8 Å². The standard InChI is InChI=1S/C16H13ClN4O4S2/c1-25-14-6-5-11(17)8-13(14)21-27(23,24)12-4-2-3-10(7-12)15(22)19-16-20-18-9-26-16/h2-9,21H,1H3,(H,19,20,22). The molecule has 2 N–H and O–H groups in total. The topological polar surface area (TPSA) is 110 Å². The molecule has 1 heterocycles. The fraction of sp³-hybridized carbons (Fsp3) is 0.0625. The summed E-state index contributed by atoms with van der Waals surface area (Å²) in [5, 5.41) is 10.5. The molecule has 1 aromatic heterocycles. The molecule has 0 bridgehead atoms. The lowest BCUT2D eigenvalue weighted by Gasteiger charge is -2.12. The Bertz CT molecular complexity index is 1070. The predicted molar refractivity (Wildman–Crippen MR) is 103 cm³/mol. The Kier molecular flexibility index (Phi) is 5.59. The number of nitrogens with one attached hydrogen (secondary N) is 2. The average Bonchev–Trinajstić information content (AvgIpc) is 3.15. The lowest BCUT2D eigenvalue weighted by atomic mass is 10.2. The number of aromatic nitrogens is 2. The number of amides is 1. The number of sulfonamides is 1. The van der Waals surface area contributed by atoms with Crippen LogP contribution in [0.2, 0.25) is 5.02 Å². The van der Waals surface area contributed by atoms with Gasteiger partial charge in [0, 0.05) is 10.6 Å². The molecule has 8 nitrogen and oxygen atoms in total. The van der Waals surface area contributed by atoms with Crippen LogP contribution < -0.4 is 14.8 Å². The summed E-state index contributed by atoms with van der Waals surface area (Å²) in [5.41, 5.74) is 1.82. The van der Waals surface area contributed by atoms with E-state index in [9.17, 15) is 13.2 Å². The molecule has 3 aromatic rings. The van der Waals surface area contributed by atoms with E-state index in [0.29, 0.717) is 15.9 Å². The minimum Gasteiger partial charge on any atom is -0.495 e. The number of carbonyl (C=O) groups is 1. The van der Waals surface area contributed by atoms with Gasteiger partial charge in [-0.2, -0.15) is 0 Å². The summed E-state index contributed by atoms with van der Waals surface area (Å²) in [6.07, 6.45) is 0. The normalized spacial score (nSPS) is 11.0. The monoisotopic (exact) mass is 424 g/mol. The third-order valence-corrected chi connectivity index (χ3v) is 5.60. The first-order chi connectivity index (χ1) is 12.9. The molecule has 0 spiro atoms. The second kappa shape index (κ2) is 7.91. The second-order valence-electron chi connectivity index (χ2n) is 5.18. The maximum atomic E-state index is 12.7. The number of nitrogens with zero attached hydrogens (tertiary/aromatic N) is 2. The molecule has 0 unspecified atom stereocenters. The molecule has 3 rings (SSSR count). The molecule has 0 atom stereocenters. The Morgan fingerprint density at radius 2 is 2.04 bits per heavy atom.